The molecule has 67 heavy (non-hydrogen) atoms. The Morgan fingerprint density at radius 2 is 0.940 bits per heavy atom. The Bertz CT molecular complexity index is 2390. The summed E-state index contributed by atoms with van der Waals surface area (Å²) >= 11 is 0. The molecule has 6 aromatic rings. The molecule has 2 aliphatic heterocycles. The summed E-state index contributed by atoms with van der Waals surface area (Å²) in [5, 5.41) is 53.8. The van der Waals surface area contributed by atoms with Gasteiger partial charge in [-0.2, -0.15) is 9.13 Å². The van der Waals surface area contributed by atoms with Crippen molar-refractivity contribution in [3.63, 3.8) is 0 Å². The molecule has 0 atom stereocenters. The molecule has 0 unspecified atom stereocenters. The van der Waals surface area contributed by atoms with Gasteiger partial charge in [0, 0.05) is 113 Å². The number of hydrogen-bond acceptors (Lipinski definition) is 12. The smallest absolute Gasteiger partial charge is 0.871 e. The Balaban J connectivity index is 0.000000500. The van der Waals surface area contributed by atoms with Crippen molar-refractivity contribution in [2.24, 2.45) is 0 Å². The van der Waals surface area contributed by atoms with Gasteiger partial charge in [-0.25, -0.2) is 8.78 Å². The number of fused-ring (bicyclic) bond motifs is 2. The maximum atomic E-state index is 14.6. The van der Waals surface area contributed by atoms with Crippen LogP contribution in [0.25, 0.3) is 33.2 Å². The first-order valence-electron chi connectivity index (χ1n) is 20.0. The normalized spacial score (nSPS) is 14.7. The van der Waals surface area contributed by atoms with E-state index in [0.29, 0.717) is 48.6 Å². The fourth-order valence-electron chi connectivity index (χ4n) is 7.64. The van der Waals surface area contributed by atoms with Crippen molar-refractivity contribution in [2.75, 3.05) is 62.2 Å². The van der Waals surface area contributed by atoms with Crippen LogP contribution in [0.15, 0.2) is 85.5 Å². The molecule has 20 nitrogen and oxygen atoms in total. The number of pyridine rings is 4. The molecule has 0 spiro atoms. The predicted octanol–water partition coefficient (Wildman–Crippen LogP) is -4.11. The minimum absolute atomic E-state index is 0. The molecule has 2 saturated heterocycles. The summed E-state index contributed by atoms with van der Waals surface area (Å²) in [5.74, 6) is -5.43. The van der Waals surface area contributed by atoms with Crippen molar-refractivity contribution >= 4 is 45.1 Å². The number of piperazine rings is 2. The van der Waals surface area contributed by atoms with Crippen LogP contribution in [0.2, 0.25) is 0 Å². The number of aromatic carboxylic acids is 2. The summed E-state index contributed by atoms with van der Waals surface area (Å²) in [6.07, 6.45) is 9.91. The SMILES string of the molecule is O.O.O.O.O=C([O-])c1c[n+](C2CC2)c2cc(N3CCNCC3)c(F)cc2c1[O-].O=C([O-])c1c[n+](C2CC2)c2cc(N3CCNCC3)c(F)cc2c1[O-].[Mn+2].[OH3+].[OH3+].c1ccc(-c2ccccn2)nc1. The summed E-state index contributed by atoms with van der Waals surface area (Å²) in [4.78, 5) is 34.7. The molecule has 10 rings (SSSR count). The summed E-state index contributed by atoms with van der Waals surface area (Å²) < 4.78 is 32.8. The first-order chi connectivity index (χ1) is 29.1. The van der Waals surface area contributed by atoms with Crippen LogP contribution in [-0.4, -0.2) is 96.2 Å². The molecule has 2 aromatic carbocycles. The van der Waals surface area contributed by atoms with Gasteiger partial charge in [0.05, 0.1) is 45.8 Å². The minimum atomic E-state index is -1.53. The molecule has 363 valence electrons. The van der Waals surface area contributed by atoms with E-state index >= 15 is 0 Å². The fraction of sp³-hybridized carbons (Fsp3) is 0.318. The van der Waals surface area contributed by atoms with Crippen molar-refractivity contribution in [1.29, 1.82) is 0 Å². The first kappa shape index (κ1) is 58.8. The van der Waals surface area contributed by atoms with Crippen molar-refractivity contribution < 1.29 is 97.9 Å². The second-order valence-electron chi connectivity index (χ2n) is 15.1. The molecule has 1 radical (unpaired) electrons. The average molecular weight is 982 g/mol. The van der Waals surface area contributed by atoms with E-state index in [9.17, 15) is 38.8 Å². The van der Waals surface area contributed by atoms with Crippen molar-refractivity contribution in [3.05, 3.63) is 108 Å². The Morgan fingerprint density at radius 1 is 0.597 bits per heavy atom. The third kappa shape index (κ3) is 13.0. The third-order valence-corrected chi connectivity index (χ3v) is 11.0. The number of carbonyl (C=O) groups excluding carboxylic acids is 2. The quantitative estimate of drug-likeness (QED) is 0.0876. The van der Waals surface area contributed by atoms with Gasteiger partial charge in [-0.15, -0.1) is 0 Å². The maximum Gasteiger partial charge on any atom is 2.00 e. The Hall–Kier alpha value is -6.24. The number of carboxylic acids is 2. The number of anilines is 2. The van der Waals surface area contributed by atoms with E-state index in [-0.39, 0.29) is 72.8 Å². The molecule has 6 heterocycles. The van der Waals surface area contributed by atoms with Crippen LogP contribution < -0.4 is 50.0 Å². The molecule has 2 aliphatic carbocycles. The summed E-state index contributed by atoms with van der Waals surface area (Å²) in [7, 11) is 0. The number of nitrogens with zero attached hydrogens (tertiary/aromatic N) is 6. The van der Waals surface area contributed by atoms with Gasteiger partial charge in [-0.05, 0) is 36.4 Å². The van der Waals surface area contributed by atoms with E-state index in [0.717, 1.165) is 63.3 Å². The number of nitrogens with one attached hydrogen (secondary N) is 2. The summed E-state index contributed by atoms with van der Waals surface area (Å²) in [5.41, 5.74) is 3.09. The minimum Gasteiger partial charge on any atom is -0.871 e. The van der Waals surface area contributed by atoms with Gasteiger partial charge < -0.3 is 83.3 Å². The molecular weight excluding hydrogens is 925 g/mol. The molecule has 4 aromatic heterocycles. The maximum absolute atomic E-state index is 14.6. The number of benzene rings is 2. The average Bonchev–Trinajstić information content (AvgIpc) is 4.22. The third-order valence-electron chi connectivity index (χ3n) is 11.0. The van der Waals surface area contributed by atoms with Crippen LogP contribution in [-0.2, 0) is 28.0 Å². The Morgan fingerprint density at radius 3 is 1.22 bits per heavy atom. The van der Waals surface area contributed by atoms with E-state index in [1.807, 2.05) is 46.2 Å². The number of aromatic nitrogens is 4. The second kappa shape index (κ2) is 25.6. The van der Waals surface area contributed by atoms with Gasteiger partial charge in [-0.3, -0.25) is 9.97 Å². The molecule has 4 fully saturated rings. The number of carboxylic acid groups (broad SMARTS) is 2. The van der Waals surface area contributed by atoms with Crippen LogP contribution in [0.3, 0.4) is 0 Å². The van der Waals surface area contributed by atoms with Crippen molar-refractivity contribution in [2.45, 2.75) is 37.8 Å². The monoisotopic (exact) mass is 981 g/mol. The van der Waals surface area contributed by atoms with Crippen molar-refractivity contribution in [1.82, 2.24) is 20.6 Å². The van der Waals surface area contributed by atoms with Crippen LogP contribution in [0.5, 0.6) is 11.5 Å². The van der Waals surface area contributed by atoms with Gasteiger partial charge in [0.15, 0.2) is 24.5 Å². The molecule has 16 N–H and O–H groups in total. The molecule has 0 amide bonds. The molecule has 4 aliphatic rings. The fourth-order valence-corrected chi connectivity index (χ4v) is 7.64. The van der Waals surface area contributed by atoms with Crippen LogP contribution >= 0.6 is 0 Å². The second-order valence-corrected chi connectivity index (χ2v) is 15.1. The number of halogens is 2. The van der Waals surface area contributed by atoms with E-state index in [2.05, 4.69) is 20.6 Å². The predicted molar refractivity (Wildman–Crippen MR) is 234 cm³/mol. The summed E-state index contributed by atoms with van der Waals surface area (Å²) in [6.45, 7) is 5.85. The van der Waals surface area contributed by atoms with E-state index in [1.54, 1.807) is 33.7 Å². The molecular formula is C44H56F2MnN8O12+2. The standard InChI is InChI=1S/2C17H18FN3O3.C10H8N2.Mn.6H2O/c2*18-13-7-11-14(8-15(13)20-5-3-19-4-6-20)21(10-1-2-10)9-12(16(11)22)17(23)24;1-3-7-11-9(5-1)10-6-2-4-8-12-10;;;;;;;/h2*7-10,19H,1-6H2,(H,23,24);1-8H;;6*1H2/q;;;+2;;;;;;. The topological polar surface area (TPSA) is 382 Å². The van der Waals surface area contributed by atoms with Gasteiger partial charge in [-0.1, -0.05) is 23.6 Å². The van der Waals surface area contributed by atoms with E-state index in [4.69, 9.17) is 0 Å². The van der Waals surface area contributed by atoms with Gasteiger partial charge in [0.25, 0.3) is 0 Å². The van der Waals surface area contributed by atoms with Crippen LogP contribution in [0, 0.1) is 11.6 Å². The zero-order valence-electron chi connectivity index (χ0n) is 36.1. The molecule has 0 bridgehead atoms. The van der Waals surface area contributed by atoms with Crippen molar-refractivity contribution in [3.8, 4) is 22.9 Å². The molecule has 2 saturated carbocycles. The Kier molecular flexibility index (Phi) is 22.5. The van der Waals surface area contributed by atoms with E-state index in [1.165, 1.54) is 24.5 Å². The van der Waals surface area contributed by atoms with Gasteiger partial charge in [0.1, 0.15) is 11.6 Å². The van der Waals surface area contributed by atoms with Gasteiger partial charge >= 0.3 is 17.1 Å². The van der Waals surface area contributed by atoms with Crippen LogP contribution in [0.1, 0.15) is 58.5 Å². The Labute approximate surface area is 393 Å². The van der Waals surface area contributed by atoms with Crippen LogP contribution in [0.4, 0.5) is 20.2 Å². The van der Waals surface area contributed by atoms with E-state index < -0.39 is 46.2 Å². The number of rotatable bonds is 7. The molecule has 23 heteroatoms. The largest absolute Gasteiger partial charge is 2.00 e. The zero-order chi connectivity index (χ0) is 41.9. The number of carbonyl (C=O) groups is 2. The summed E-state index contributed by atoms with van der Waals surface area (Å²) in [6, 6.07) is 17.6. The first-order valence-corrected chi connectivity index (χ1v) is 20.0. The van der Waals surface area contributed by atoms with Gasteiger partial charge in [0.2, 0.25) is 11.0 Å². The number of hydrogen-bond donors (Lipinski definition) is 2. The zero-order valence-corrected chi connectivity index (χ0v) is 37.3.